The summed E-state index contributed by atoms with van der Waals surface area (Å²) in [4.78, 5) is 28.2. The Labute approximate surface area is 165 Å². The van der Waals surface area contributed by atoms with Crippen LogP contribution in [0.5, 0.6) is 0 Å². The van der Waals surface area contributed by atoms with Crippen LogP contribution in [-0.2, 0) is 6.54 Å². The van der Waals surface area contributed by atoms with Crippen molar-refractivity contribution in [2.75, 3.05) is 33.7 Å². The zero-order valence-electron chi connectivity index (χ0n) is 16.5. The van der Waals surface area contributed by atoms with Gasteiger partial charge < -0.3 is 20.9 Å². The highest BCUT2D eigenvalue weighted by atomic mass is 16.2. The highest BCUT2D eigenvalue weighted by Gasteiger charge is 2.27. The van der Waals surface area contributed by atoms with Gasteiger partial charge >= 0.3 is 6.03 Å². The van der Waals surface area contributed by atoms with Crippen molar-refractivity contribution in [1.29, 1.82) is 0 Å². The van der Waals surface area contributed by atoms with Crippen molar-refractivity contribution in [2.45, 2.75) is 25.4 Å². The Hall–Kier alpha value is -2.87. The molecule has 1 fully saturated rings. The van der Waals surface area contributed by atoms with E-state index < -0.39 is 6.03 Å². The zero-order chi connectivity index (χ0) is 20.1. The molecule has 0 bridgehead atoms. The average Bonchev–Trinajstić information content (AvgIpc) is 3.10. The SMILES string of the molecule is CN(C)CCn1ncc(C(=O)N2CCC(NC(N)=O)CC2)c1-c1ccccc1. The largest absolute Gasteiger partial charge is 0.352 e. The molecule has 0 atom stereocenters. The van der Waals surface area contributed by atoms with Crippen LogP contribution >= 0.6 is 0 Å². The Bertz CT molecular complexity index is 809. The molecule has 3 amide bonds. The number of carbonyl (C=O) groups excluding carboxylic acids is 2. The summed E-state index contributed by atoms with van der Waals surface area (Å²) in [6, 6.07) is 9.41. The topological polar surface area (TPSA) is 96.5 Å². The quantitative estimate of drug-likeness (QED) is 0.786. The van der Waals surface area contributed by atoms with Gasteiger partial charge in [-0.15, -0.1) is 0 Å². The third-order valence-electron chi connectivity index (χ3n) is 5.00. The lowest BCUT2D eigenvalue weighted by molar-refractivity contribution is 0.0709. The summed E-state index contributed by atoms with van der Waals surface area (Å²) in [7, 11) is 4.03. The van der Waals surface area contributed by atoms with Gasteiger partial charge in [-0.25, -0.2) is 4.79 Å². The summed E-state index contributed by atoms with van der Waals surface area (Å²) in [6.07, 6.45) is 3.07. The molecule has 150 valence electrons. The second kappa shape index (κ2) is 8.88. The Balaban J connectivity index is 1.81. The first-order chi connectivity index (χ1) is 13.5. The molecule has 1 aromatic carbocycles. The van der Waals surface area contributed by atoms with Crippen LogP contribution in [0, 0.1) is 0 Å². The minimum Gasteiger partial charge on any atom is -0.352 e. The highest BCUT2D eigenvalue weighted by molar-refractivity contribution is 6.00. The van der Waals surface area contributed by atoms with Crippen LogP contribution in [0.2, 0.25) is 0 Å². The maximum absolute atomic E-state index is 13.2. The van der Waals surface area contributed by atoms with E-state index in [9.17, 15) is 9.59 Å². The van der Waals surface area contributed by atoms with E-state index in [1.54, 1.807) is 6.20 Å². The first-order valence-corrected chi connectivity index (χ1v) is 9.57. The van der Waals surface area contributed by atoms with E-state index >= 15 is 0 Å². The molecular formula is C20H28N6O2. The number of rotatable bonds is 6. The van der Waals surface area contributed by atoms with Gasteiger partial charge in [0, 0.05) is 31.2 Å². The van der Waals surface area contributed by atoms with E-state index in [1.807, 2.05) is 54.0 Å². The van der Waals surface area contributed by atoms with Gasteiger partial charge in [0.15, 0.2) is 0 Å². The van der Waals surface area contributed by atoms with E-state index in [2.05, 4.69) is 15.3 Å². The number of nitrogens with two attached hydrogens (primary N) is 1. The summed E-state index contributed by atoms with van der Waals surface area (Å²) in [5, 5.41) is 7.23. The second-order valence-electron chi connectivity index (χ2n) is 7.37. The Morgan fingerprint density at radius 3 is 2.50 bits per heavy atom. The highest BCUT2D eigenvalue weighted by Crippen LogP contribution is 2.26. The lowest BCUT2D eigenvalue weighted by atomic mass is 10.0. The molecule has 0 saturated carbocycles. The van der Waals surface area contributed by atoms with E-state index in [4.69, 9.17) is 5.73 Å². The standard InChI is InChI=1S/C20H28N6O2/c1-24(2)12-13-26-18(15-6-4-3-5-7-15)17(14-22-26)19(27)25-10-8-16(9-11-25)23-20(21)28/h3-7,14,16H,8-13H2,1-2H3,(H3,21,23,28). The van der Waals surface area contributed by atoms with Crippen molar-refractivity contribution in [3.05, 3.63) is 42.1 Å². The predicted octanol–water partition coefficient (Wildman–Crippen LogP) is 1.38. The molecule has 1 saturated heterocycles. The number of nitrogens with one attached hydrogen (secondary N) is 1. The maximum Gasteiger partial charge on any atom is 0.312 e. The molecule has 2 aromatic rings. The Kier molecular flexibility index (Phi) is 6.30. The molecule has 2 heterocycles. The molecule has 1 aromatic heterocycles. The normalized spacial score (nSPS) is 15.0. The van der Waals surface area contributed by atoms with Crippen molar-refractivity contribution in [3.63, 3.8) is 0 Å². The Morgan fingerprint density at radius 1 is 1.21 bits per heavy atom. The number of hydrogen-bond acceptors (Lipinski definition) is 4. The third kappa shape index (κ3) is 4.69. The number of likely N-dealkylation sites (N-methyl/N-ethyl adjacent to an activating group) is 1. The third-order valence-corrected chi connectivity index (χ3v) is 5.00. The molecule has 0 unspecified atom stereocenters. The first-order valence-electron chi connectivity index (χ1n) is 9.57. The lowest BCUT2D eigenvalue weighted by Gasteiger charge is -2.32. The summed E-state index contributed by atoms with van der Waals surface area (Å²) in [5.41, 5.74) is 7.65. The predicted molar refractivity (Wildman–Crippen MR) is 108 cm³/mol. The minimum absolute atomic E-state index is 0.0209. The number of benzene rings is 1. The number of urea groups is 1. The number of piperidine rings is 1. The van der Waals surface area contributed by atoms with Gasteiger partial charge in [0.1, 0.15) is 0 Å². The summed E-state index contributed by atoms with van der Waals surface area (Å²) in [6.45, 7) is 2.70. The lowest BCUT2D eigenvalue weighted by Crippen LogP contribution is -2.47. The average molecular weight is 384 g/mol. The number of primary amides is 1. The van der Waals surface area contributed by atoms with Gasteiger partial charge in [-0.3, -0.25) is 9.48 Å². The fourth-order valence-electron chi connectivity index (χ4n) is 3.51. The summed E-state index contributed by atoms with van der Waals surface area (Å²) in [5.74, 6) is -0.0209. The smallest absolute Gasteiger partial charge is 0.312 e. The molecule has 28 heavy (non-hydrogen) atoms. The van der Waals surface area contributed by atoms with Crippen LogP contribution in [0.25, 0.3) is 11.3 Å². The molecule has 1 aliphatic heterocycles. The van der Waals surface area contributed by atoms with Crippen molar-refractivity contribution in [2.24, 2.45) is 5.73 Å². The van der Waals surface area contributed by atoms with Crippen LogP contribution in [0.4, 0.5) is 4.79 Å². The number of nitrogens with zero attached hydrogens (tertiary/aromatic N) is 4. The monoisotopic (exact) mass is 384 g/mol. The van der Waals surface area contributed by atoms with E-state index in [0.717, 1.165) is 17.8 Å². The molecule has 3 rings (SSSR count). The second-order valence-corrected chi connectivity index (χ2v) is 7.37. The summed E-state index contributed by atoms with van der Waals surface area (Å²) >= 11 is 0. The van der Waals surface area contributed by atoms with Gasteiger partial charge in [0.25, 0.3) is 5.91 Å². The van der Waals surface area contributed by atoms with Gasteiger partial charge in [0.2, 0.25) is 0 Å². The molecule has 0 spiro atoms. The van der Waals surface area contributed by atoms with Gasteiger partial charge in [0.05, 0.1) is 24.0 Å². The van der Waals surface area contributed by atoms with Crippen LogP contribution in [-0.4, -0.2) is 71.3 Å². The first kappa shape index (κ1) is 19.9. The fraction of sp³-hybridized carbons (Fsp3) is 0.450. The van der Waals surface area contributed by atoms with Crippen molar-refractivity contribution in [3.8, 4) is 11.3 Å². The number of likely N-dealkylation sites (tertiary alicyclic amines) is 1. The molecular weight excluding hydrogens is 356 g/mol. The summed E-state index contributed by atoms with van der Waals surface area (Å²) < 4.78 is 1.91. The number of hydrogen-bond donors (Lipinski definition) is 2. The van der Waals surface area contributed by atoms with E-state index in [-0.39, 0.29) is 11.9 Å². The zero-order valence-corrected chi connectivity index (χ0v) is 16.5. The number of amides is 3. The van der Waals surface area contributed by atoms with Gasteiger partial charge in [-0.2, -0.15) is 5.10 Å². The minimum atomic E-state index is -0.515. The molecule has 1 aliphatic rings. The number of aromatic nitrogens is 2. The molecule has 8 nitrogen and oxygen atoms in total. The van der Waals surface area contributed by atoms with Crippen molar-refractivity contribution < 1.29 is 9.59 Å². The van der Waals surface area contributed by atoms with Crippen LogP contribution in [0.3, 0.4) is 0 Å². The molecule has 0 aliphatic carbocycles. The maximum atomic E-state index is 13.2. The van der Waals surface area contributed by atoms with E-state index in [0.29, 0.717) is 38.0 Å². The van der Waals surface area contributed by atoms with Crippen molar-refractivity contribution in [1.82, 2.24) is 24.9 Å². The molecule has 8 heteroatoms. The van der Waals surface area contributed by atoms with Gasteiger partial charge in [-0.1, -0.05) is 30.3 Å². The van der Waals surface area contributed by atoms with Crippen LogP contribution in [0.1, 0.15) is 23.2 Å². The van der Waals surface area contributed by atoms with Crippen molar-refractivity contribution >= 4 is 11.9 Å². The number of carbonyl (C=O) groups is 2. The molecule has 0 radical (unpaired) electrons. The van der Waals surface area contributed by atoms with Crippen LogP contribution in [0.15, 0.2) is 36.5 Å². The fourth-order valence-corrected chi connectivity index (χ4v) is 3.51. The Morgan fingerprint density at radius 2 is 1.89 bits per heavy atom. The van der Waals surface area contributed by atoms with E-state index in [1.165, 1.54) is 0 Å². The molecule has 3 N–H and O–H groups in total. The van der Waals surface area contributed by atoms with Gasteiger partial charge in [-0.05, 0) is 26.9 Å². The van der Waals surface area contributed by atoms with Crippen LogP contribution < -0.4 is 11.1 Å².